The van der Waals surface area contributed by atoms with Crippen LogP contribution < -0.4 is 10.5 Å². The summed E-state index contributed by atoms with van der Waals surface area (Å²) in [7, 11) is 1.56. The first-order valence-electron chi connectivity index (χ1n) is 6.33. The van der Waals surface area contributed by atoms with E-state index >= 15 is 0 Å². The summed E-state index contributed by atoms with van der Waals surface area (Å²) in [6.07, 6.45) is 3.31. The molecule has 3 nitrogen and oxygen atoms in total. The third-order valence-corrected chi connectivity index (χ3v) is 2.98. The minimum absolute atomic E-state index is 0.0811. The van der Waals surface area contributed by atoms with Gasteiger partial charge in [0, 0.05) is 5.69 Å². The van der Waals surface area contributed by atoms with Crippen molar-refractivity contribution in [1.82, 2.24) is 0 Å². The summed E-state index contributed by atoms with van der Waals surface area (Å²) in [5, 5.41) is 0. The second-order valence-corrected chi connectivity index (χ2v) is 4.57. The van der Waals surface area contributed by atoms with Gasteiger partial charge >= 0.3 is 0 Å². The van der Waals surface area contributed by atoms with Gasteiger partial charge in [-0.2, -0.15) is 0 Å². The summed E-state index contributed by atoms with van der Waals surface area (Å²) >= 11 is 0. The summed E-state index contributed by atoms with van der Waals surface area (Å²) in [6, 6.07) is 12.9. The minimum Gasteiger partial charge on any atom is -0.496 e. The average Bonchev–Trinajstić information content (AvgIpc) is 2.46. The van der Waals surface area contributed by atoms with Crippen molar-refractivity contribution in [2.75, 3.05) is 12.8 Å². The van der Waals surface area contributed by atoms with Crippen LogP contribution in [0.15, 0.2) is 48.5 Å². The Bertz CT molecular complexity index is 643. The van der Waals surface area contributed by atoms with E-state index in [2.05, 4.69) is 0 Å². The van der Waals surface area contributed by atoms with Crippen LogP contribution in [-0.2, 0) is 0 Å². The SMILES string of the molecule is COc1ccc(C)cc1C(=O)/C=C/c1ccc(N)cc1. The van der Waals surface area contributed by atoms with Crippen LogP contribution in [-0.4, -0.2) is 12.9 Å². The Labute approximate surface area is 118 Å². The summed E-state index contributed by atoms with van der Waals surface area (Å²) in [6.45, 7) is 1.94. The number of carbonyl (C=O) groups is 1. The lowest BCUT2D eigenvalue weighted by molar-refractivity contribution is 0.104. The number of aryl methyl sites for hydroxylation is 1. The summed E-state index contributed by atoms with van der Waals surface area (Å²) in [5.74, 6) is 0.505. The first-order chi connectivity index (χ1) is 9.60. The fraction of sp³-hybridized carbons (Fsp3) is 0.118. The maximum Gasteiger partial charge on any atom is 0.189 e. The molecular formula is C17H17NO2. The smallest absolute Gasteiger partial charge is 0.189 e. The molecule has 0 amide bonds. The van der Waals surface area contributed by atoms with E-state index in [4.69, 9.17) is 10.5 Å². The Morgan fingerprint density at radius 2 is 1.85 bits per heavy atom. The van der Waals surface area contributed by atoms with E-state index in [0.717, 1.165) is 11.1 Å². The van der Waals surface area contributed by atoms with Gasteiger partial charge in [0.2, 0.25) is 0 Å². The number of anilines is 1. The highest BCUT2D eigenvalue weighted by molar-refractivity contribution is 6.08. The van der Waals surface area contributed by atoms with Crippen molar-refractivity contribution in [2.24, 2.45) is 0 Å². The Hall–Kier alpha value is -2.55. The van der Waals surface area contributed by atoms with Gasteiger partial charge in [-0.3, -0.25) is 4.79 Å². The van der Waals surface area contributed by atoms with Gasteiger partial charge < -0.3 is 10.5 Å². The van der Waals surface area contributed by atoms with Crippen molar-refractivity contribution < 1.29 is 9.53 Å². The lowest BCUT2D eigenvalue weighted by Crippen LogP contribution is -1.99. The predicted molar refractivity (Wildman–Crippen MR) is 81.9 cm³/mol. The molecule has 0 radical (unpaired) electrons. The molecule has 2 aromatic rings. The monoisotopic (exact) mass is 267 g/mol. The quantitative estimate of drug-likeness (QED) is 0.524. The fourth-order valence-electron chi connectivity index (χ4n) is 1.88. The lowest BCUT2D eigenvalue weighted by Gasteiger charge is -2.06. The maximum atomic E-state index is 12.2. The molecule has 2 N–H and O–H groups in total. The molecule has 0 bridgehead atoms. The van der Waals surface area contributed by atoms with Crippen molar-refractivity contribution in [3.63, 3.8) is 0 Å². The van der Waals surface area contributed by atoms with Gasteiger partial charge in [0.1, 0.15) is 5.75 Å². The van der Waals surface area contributed by atoms with Crippen LogP contribution in [0.5, 0.6) is 5.75 Å². The van der Waals surface area contributed by atoms with Crippen molar-refractivity contribution in [3.05, 3.63) is 65.2 Å². The van der Waals surface area contributed by atoms with E-state index in [0.29, 0.717) is 17.0 Å². The molecule has 2 aromatic carbocycles. The molecule has 2 rings (SSSR count). The van der Waals surface area contributed by atoms with E-state index in [-0.39, 0.29) is 5.78 Å². The molecule has 0 saturated heterocycles. The van der Waals surface area contributed by atoms with E-state index in [1.165, 1.54) is 0 Å². The number of methoxy groups -OCH3 is 1. The molecule has 0 spiro atoms. The van der Waals surface area contributed by atoms with Crippen LogP contribution >= 0.6 is 0 Å². The normalized spacial score (nSPS) is 10.7. The second kappa shape index (κ2) is 6.06. The summed E-state index contributed by atoms with van der Waals surface area (Å²) in [5.41, 5.74) is 8.84. The molecule has 0 atom stereocenters. The number of nitrogen functional groups attached to an aromatic ring is 1. The van der Waals surface area contributed by atoms with E-state index in [9.17, 15) is 4.79 Å². The van der Waals surface area contributed by atoms with Gasteiger partial charge in [0.05, 0.1) is 12.7 Å². The summed E-state index contributed by atoms with van der Waals surface area (Å²) < 4.78 is 5.22. The van der Waals surface area contributed by atoms with Gasteiger partial charge in [0.25, 0.3) is 0 Å². The third-order valence-electron chi connectivity index (χ3n) is 2.98. The van der Waals surface area contributed by atoms with Crippen LogP contribution in [0.3, 0.4) is 0 Å². The number of ether oxygens (including phenoxy) is 1. The van der Waals surface area contributed by atoms with Crippen molar-refractivity contribution in [3.8, 4) is 5.75 Å². The molecule has 0 fully saturated rings. The number of allylic oxidation sites excluding steroid dienone is 1. The molecule has 20 heavy (non-hydrogen) atoms. The number of nitrogens with two attached hydrogens (primary N) is 1. The zero-order chi connectivity index (χ0) is 14.5. The first kappa shape index (κ1) is 13.9. The highest BCUT2D eigenvalue weighted by Gasteiger charge is 2.09. The Kier molecular flexibility index (Phi) is 4.20. The van der Waals surface area contributed by atoms with Crippen molar-refractivity contribution in [1.29, 1.82) is 0 Å². The molecule has 0 heterocycles. The molecule has 0 aliphatic heterocycles. The van der Waals surface area contributed by atoms with Crippen LogP contribution in [0.2, 0.25) is 0 Å². The zero-order valence-electron chi connectivity index (χ0n) is 11.6. The standard InChI is InChI=1S/C17H17NO2/c1-12-3-10-17(20-2)15(11-12)16(19)9-6-13-4-7-14(18)8-5-13/h3-11H,18H2,1-2H3/b9-6+. The number of rotatable bonds is 4. The molecule has 0 saturated carbocycles. The highest BCUT2D eigenvalue weighted by atomic mass is 16.5. The molecule has 0 aliphatic carbocycles. The van der Waals surface area contributed by atoms with Gasteiger partial charge in [0.15, 0.2) is 5.78 Å². The molecule has 102 valence electrons. The Morgan fingerprint density at radius 1 is 1.15 bits per heavy atom. The number of hydrogen-bond acceptors (Lipinski definition) is 3. The molecule has 0 aliphatic rings. The first-order valence-corrected chi connectivity index (χ1v) is 6.33. The van der Waals surface area contributed by atoms with Gasteiger partial charge in [-0.05, 0) is 42.8 Å². The maximum absolute atomic E-state index is 12.2. The fourth-order valence-corrected chi connectivity index (χ4v) is 1.88. The van der Waals surface area contributed by atoms with Crippen molar-refractivity contribution >= 4 is 17.5 Å². The Balaban J connectivity index is 2.23. The third kappa shape index (κ3) is 3.26. The minimum atomic E-state index is -0.0811. The van der Waals surface area contributed by atoms with E-state index in [1.807, 2.05) is 31.2 Å². The number of hydrogen-bond donors (Lipinski definition) is 1. The van der Waals surface area contributed by atoms with E-state index in [1.54, 1.807) is 37.5 Å². The largest absolute Gasteiger partial charge is 0.496 e. The topological polar surface area (TPSA) is 52.3 Å². The number of carbonyl (C=O) groups excluding carboxylic acids is 1. The van der Waals surface area contributed by atoms with Gasteiger partial charge in [-0.25, -0.2) is 0 Å². The Morgan fingerprint density at radius 3 is 2.50 bits per heavy atom. The zero-order valence-corrected chi connectivity index (χ0v) is 11.6. The second-order valence-electron chi connectivity index (χ2n) is 4.57. The number of ketones is 1. The highest BCUT2D eigenvalue weighted by Crippen LogP contribution is 2.21. The predicted octanol–water partition coefficient (Wildman–Crippen LogP) is 3.48. The molecule has 3 heteroatoms. The molecular weight excluding hydrogens is 250 g/mol. The summed E-state index contributed by atoms with van der Waals surface area (Å²) in [4.78, 5) is 12.2. The van der Waals surface area contributed by atoms with Crippen molar-refractivity contribution in [2.45, 2.75) is 6.92 Å². The molecule has 0 unspecified atom stereocenters. The number of benzene rings is 2. The van der Waals surface area contributed by atoms with E-state index < -0.39 is 0 Å². The van der Waals surface area contributed by atoms with Crippen LogP contribution in [0.4, 0.5) is 5.69 Å². The molecule has 0 aromatic heterocycles. The lowest BCUT2D eigenvalue weighted by atomic mass is 10.1. The average molecular weight is 267 g/mol. The van der Waals surface area contributed by atoms with Crippen LogP contribution in [0.25, 0.3) is 6.08 Å². The van der Waals surface area contributed by atoms with Gasteiger partial charge in [-0.15, -0.1) is 0 Å². The van der Waals surface area contributed by atoms with Gasteiger partial charge in [-0.1, -0.05) is 29.8 Å². The van der Waals surface area contributed by atoms with Crippen LogP contribution in [0.1, 0.15) is 21.5 Å². The van der Waals surface area contributed by atoms with Crippen LogP contribution in [0, 0.1) is 6.92 Å².